The molecule has 1 aromatic rings. The summed E-state index contributed by atoms with van der Waals surface area (Å²) in [5, 5.41) is 0. The van der Waals surface area contributed by atoms with E-state index in [-0.39, 0.29) is 0 Å². The molecule has 0 saturated heterocycles. The van der Waals surface area contributed by atoms with Crippen LogP contribution in [0, 0.1) is 0 Å². The molecule has 0 aromatic heterocycles. The number of ether oxygens (including phenoxy) is 1. The van der Waals surface area contributed by atoms with E-state index >= 15 is 0 Å². The van der Waals surface area contributed by atoms with Gasteiger partial charge in [0.25, 0.3) is 0 Å². The van der Waals surface area contributed by atoms with E-state index in [1.165, 1.54) is 0 Å². The van der Waals surface area contributed by atoms with Gasteiger partial charge in [0, 0.05) is 34.3 Å². The van der Waals surface area contributed by atoms with Crippen molar-refractivity contribution in [1.82, 2.24) is 0 Å². The van der Waals surface area contributed by atoms with Crippen LogP contribution in [0.25, 0.3) is 0 Å². The lowest BCUT2D eigenvalue weighted by molar-refractivity contribution is 0.112. The minimum atomic E-state index is 0.566. The van der Waals surface area contributed by atoms with E-state index in [1.54, 1.807) is 7.11 Å². The Labute approximate surface area is 96.4 Å². The average Bonchev–Trinajstić information content (AvgIpc) is 2.26. The molecule has 0 saturated carbocycles. The van der Waals surface area contributed by atoms with Crippen molar-refractivity contribution < 1.29 is 9.53 Å². The van der Waals surface area contributed by atoms with Crippen LogP contribution < -0.4 is 14.5 Å². The molecule has 0 atom stereocenters. The molecule has 1 aromatic carbocycles. The molecule has 1 rings (SSSR count). The number of hydrogen-bond acceptors (Lipinski definition) is 4. The van der Waals surface area contributed by atoms with Gasteiger partial charge in [-0.15, -0.1) is 0 Å². The van der Waals surface area contributed by atoms with E-state index in [2.05, 4.69) is 0 Å². The van der Waals surface area contributed by atoms with Crippen LogP contribution in [0.1, 0.15) is 10.4 Å². The maximum absolute atomic E-state index is 10.9. The van der Waals surface area contributed by atoms with Gasteiger partial charge in [0.1, 0.15) is 5.75 Å². The molecule has 0 aliphatic carbocycles. The fourth-order valence-corrected chi connectivity index (χ4v) is 1.56. The van der Waals surface area contributed by atoms with Gasteiger partial charge >= 0.3 is 0 Å². The Morgan fingerprint density at radius 3 is 1.94 bits per heavy atom. The van der Waals surface area contributed by atoms with Crippen LogP contribution in [0.3, 0.4) is 0 Å². The zero-order valence-corrected chi connectivity index (χ0v) is 10.4. The minimum Gasteiger partial charge on any atom is -0.496 e. The number of rotatable bonds is 4. The smallest absolute Gasteiger partial charge is 0.153 e. The maximum atomic E-state index is 10.9. The highest BCUT2D eigenvalue weighted by atomic mass is 16.5. The summed E-state index contributed by atoms with van der Waals surface area (Å²) in [5.41, 5.74) is 2.58. The highest BCUT2D eigenvalue weighted by Gasteiger charge is 2.12. The van der Waals surface area contributed by atoms with Crippen molar-refractivity contribution in [2.24, 2.45) is 0 Å². The number of aldehydes is 1. The summed E-state index contributed by atoms with van der Waals surface area (Å²) in [4.78, 5) is 14.9. The van der Waals surface area contributed by atoms with Gasteiger partial charge in [-0.05, 0) is 6.07 Å². The first-order valence-corrected chi connectivity index (χ1v) is 5.03. The largest absolute Gasteiger partial charge is 0.496 e. The lowest BCUT2D eigenvalue weighted by Gasteiger charge is -2.24. The number of methoxy groups -OCH3 is 1. The van der Waals surface area contributed by atoms with Crippen LogP contribution in [0.4, 0.5) is 11.4 Å². The number of benzene rings is 1. The predicted molar refractivity (Wildman–Crippen MR) is 67.0 cm³/mol. The van der Waals surface area contributed by atoms with Crippen LogP contribution in [0.5, 0.6) is 5.75 Å². The van der Waals surface area contributed by atoms with Crippen LogP contribution >= 0.6 is 0 Å². The summed E-state index contributed by atoms with van der Waals surface area (Å²) >= 11 is 0. The number of anilines is 2. The van der Waals surface area contributed by atoms with Crippen LogP contribution in [-0.4, -0.2) is 41.6 Å². The Morgan fingerprint density at radius 2 is 1.56 bits per heavy atom. The summed E-state index contributed by atoms with van der Waals surface area (Å²) in [6, 6.07) is 3.71. The highest BCUT2D eigenvalue weighted by molar-refractivity contribution is 5.86. The van der Waals surface area contributed by atoms with Crippen molar-refractivity contribution in [3.8, 4) is 5.75 Å². The minimum absolute atomic E-state index is 0.566. The van der Waals surface area contributed by atoms with Gasteiger partial charge in [0.15, 0.2) is 6.29 Å². The van der Waals surface area contributed by atoms with Gasteiger partial charge in [0.05, 0.1) is 24.0 Å². The molecule has 0 spiro atoms. The normalized spacial score (nSPS) is 9.81. The SMILES string of the molecule is COc1cc(N(C)C)c(N(C)C)cc1C=O. The Balaban J connectivity index is 3.41. The molecule has 16 heavy (non-hydrogen) atoms. The summed E-state index contributed by atoms with van der Waals surface area (Å²) in [5.74, 6) is 0.601. The molecule has 0 unspecified atom stereocenters. The molecule has 0 aliphatic rings. The van der Waals surface area contributed by atoms with Crippen molar-refractivity contribution in [2.45, 2.75) is 0 Å². The van der Waals surface area contributed by atoms with E-state index in [9.17, 15) is 4.79 Å². The first kappa shape index (κ1) is 12.4. The quantitative estimate of drug-likeness (QED) is 0.725. The van der Waals surface area contributed by atoms with E-state index in [1.807, 2.05) is 50.1 Å². The third kappa shape index (κ3) is 2.27. The van der Waals surface area contributed by atoms with Crippen LogP contribution in [0.15, 0.2) is 12.1 Å². The second-order valence-corrected chi connectivity index (χ2v) is 3.99. The van der Waals surface area contributed by atoms with Gasteiger partial charge in [-0.25, -0.2) is 0 Å². The van der Waals surface area contributed by atoms with Crippen molar-refractivity contribution in [2.75, 3.05) is 45.1 Å². The van der Waals surface area contributed by atoms with Gasteiger partial charge in [-0.3, -0.25) is 4.79 Å². The molecule has 0 bridgehead atoms. The molecule has 0 aliphatic heterocycles. The van der Waals surface area contributed by atoms with Crippen LogP contribution in [-0.2, 0) is 0 Å². The molecule has 0 radical (unpaired) electrons. The Hall–Kier alpha value is -1.71. The fourth-order valence-electron chi connectivity index (χ4n) is 1.56. The summed E-state index contributed by atoms with van der Waals surface area (Å²) in [6.07, 6.45) is 0.811. The van der Waals surface area contributed by atoms with Gasteiger partial charge in [-0.2, -0.15) is 0 Å². The van der Waals surface area contributed by atoms with Gasteiger partial charge in [-0.1, -0.05) is 0 Å². The lowest BCUT2D eigenvalue weighted by atomic mass is 10.1. The molecule has 4 nitrogen and oxygen atoms in total. The topological polar surface area (TPSA) is 32.8 Å². The first-order chi connectivity index (χ1) is 7.51. The summed E-state index contributed by atoms with van der Waals surface area (Å²) in [7, 11) is 9.38. The van der Waals surface area contributed by atoms with Crippen molar-refractivity contribution in [1.29, 1.82) is 0 Å². The van der Waals surface area contributed by atoms with Gasteiger partial charge < -0.3 is 14.5 Å². The first-order valence-electron chi connectivity index (χ1n) is 5.03. The molecule has 4 heteroatoms. The maximum Gasteiger partial charge on any atom is 0.153 e. The molecular weight excluding hydrogens is 204 g/mol. The zero-order valence-electron chi connectivity index (χ0n) is 10.4. The summed E-state index contributed by atoms with van der Waals surface area (Å²) in [6.45, 7) is 0. The predicted octanol–water partition coefficient (Wildman–Crippen LogP) is 1.64. The molecule has 0 N–H and O–H groups in total. The van der Waals surface area contributed by atoms with E-state index < -0.39 is 0 Å². The number of hydrogen-bond donors (Lipinski definition) is 0. The zero-order chi connectivity index (χ0) is 12.3. The van der Waals surface area contributed by atoms with E-state index in [0.29, 0.717) is 11.3 Å². The standard InChI is InChI=1S/C12H18N2O2/c1-13(2)10-6-9(8-15)12(16-5)7-11(10)14(3)4/h6-8H,1-5H3. The van der Waals surface area contributed by atoms with Crippen LogP contribution in [0.2, 0.25) is 0 Å². The second-order valence-electron chi connectivity index (χ2n) is 3.99. The third-order valence-corrected chi connectivity index (χ3v) is 2.42. The van der Waals surface area contributed by atoms with Gasteiger partial charge in [0.2, 0.25) is 0 Å². The Kier molecular flexibility index (Phi) is 3.77. The number of nitrogens with zero attached hydrogens (tertiary/aromatic N) is 2. The van der Waals surface area contributed by atoms with Crippen molar-refractivity contribution in [3.63, 3.8) is 0 Å². The Bertz CT molecular complexity index is 387. The van der Waals surface area contributed by atoms with E-state index in [4.69, 9.17) is 4.74 Å². The second kappa shape index (κ2) is 4.88. The van der Waals surface area contributed by atoms with E-state index in [0.717, 1.165) is 17.7 Å². The number of carbonyl (C=O) groups is 1. The lowest BCUT2D eigenvalue weighted by Crippen LogP contribution is -2.17. The molecule has 0 fully saturated rings. The molecule has 0 heterocycles. The molecule has 0 amide bonds. The molecular formula is C12H18N2O2. The van der Waals surface area contributed by atoms with Crippen molar-refractivity contribution in [3.05, 3.63) is 17.7 Å². The highest BCUT2D eigenvalue weighted by Crippen LogP contribution is 2.33. The molecule has 88 valence electrons. The Morgan fingerprint density at radius 1 is 1.06 bits per heavy atom. The monoisotopic (exact) mass is 222 g/mol. The van der Waals surface area contributed by atoms with Crippen molar-refractivity contribution >= 4 is 17.7 Å². The third-order valence-electron chi connectivity index (χ3n) is 2.42. The fraction of sp³-hybridized carbons (Fsp3) is 0.417. The average molecular weight is 222 g/mol. The number of carbonyl (C=O) groups excluding carboxylic acids is 1. The summed E-state index contributed by atoms with van der Waals surface area (Å²) < 4.78 is 5.19.